The van der Waals surface area contributed by atoms with E-state index in [0.29, 0.717) is 30.5 Å². The Morgan fingerprint density at radius 2 is 2.22 bits per heavy atom. The van der Waals surface area contributed by atoms with Crippen LogP contribution in [-0.4, -0.2) is 47.2 Å². The summed E-state index contributed by atoms with van der Waals surface area (Å²) in [6, 6.07) is 11.7. The third kappa shape index (κ3) is 2.86. The van der Waals surface area contributed by atoms with Gasteiger partial charge in [0, 0.05) is 47.7 Å². The maximum atomic E-state index is 5.45. The molecule has 5 rings (SSSR count). The molecule has 0 radical (unpaired) electrons. The van der Waals surface area contributed by atoms with E-state index in [9.17, 15) is 0 Å². The second-order valence-corrected chi connectivity index (χ2v) is 7.80. The largest absolute Gasteiger partial charge is 0.478 e. The second kappa shape index (κ2) is 6.57. The van der Waals surface area contributed by atoms with Crippen LogP contribution in [0.2, 0.25) is 0 Å². The Bertz CT molecular complexity index is 949. The van der Waals surface area contributed by atoms with E-state index in [4.69, 9.17) is 4.74 Å². The minimum Gasteiger partial charge on any atom is -0.478 e. The first-order chi connectivity index (χ1) is 13.2. The number of rotatable bonds is 4. The monoisotopic (exact) mass is 362 g/mol. The number of likely N-dealkylation sites (tertiary alicyclic amines) is 1. The van der Waals surface area contributed by atoms with Crippen LogP contribution in [0, 0.1) is 0 Å². The summed E-state index contributed by atoms with van der Waals surface area (Å²) in [5.41, 5.74) is 5.31. The Balaban J connectivity index is 1.39. The van der Waals surface area contributed by atoms with Crippen LogP contribution in [0.4, 0.5) is 5.69 Å². The van der Waals surface area contributed by atoms with Crippen molar-refractivity contribution in [2.75, 3.05) is 25.5 Å². The summed E-state index contributed by atoms with van der Waals surface area (Å²) in [4.78, 5) is 10.4. The number of benzene rings is 1. The van der Waals surface area contributed by atoms with Gasteiger partial charge >= 0.3 is 0 Å². The summed E-state index contributed by atoms with van der Waals surface area (Å²) in [6.45, 7) is 3.66. The Hall–Kier alpha value is -2.53. The number of anilines is 1. The van der Waals surface area contributed by atoms with Crippen molar-refractivity contribution in [2.45, 2.75) is 37.8 Å². The lowest BCUT2D eigenvalue weighted by atomic mass is 9.74. The van der Waals surface area contributed by atoms with Crippen molar-refractivity contribution in [3.8, 4) is 5.88 Å². The number of pyridine rings is 1. The molecule has 0 spiro atoms. The van der Waals surface area contributed by atoms with Crippen molar-refractivity contribution >= 4 is 16.6 Å². The van der Waals surface area contributed by atoms with Crippen molar-refractivity contribution < 1.29 is 4.74 Å². The molecule has 3 atom stereocenters. The minimum absolute atomic E-state index is 0.409. The smallest absolute Gasteiger partial charge is 0.213 e. The molecule has 140 valence electrons. The molecule has 1 aromatic carbocycles. The van der Waals surface area contributed by atoms with Crippen LogP contribution in [0.5, 0.6) is 5.88 Å². The SMILES string of the molecule is CCOc1ccc(N[C@@H]2CC3c4cccc5[nH]cc(c45)C[C@H]3N(C)C2)cn1. The Labute approximate surface area is 159 Å². The number of nitrogens with zero attached hydrogens (tertiary/aromatic N) is 2. The first-order valence-corrected chi connectivity index (χ1v) is 9.87. The van der Waals surface area contributed by atoms with Crippen LogP contribution in [0.15, 0.2) is 42.7 Å². The molecule has 5 nitrogen and oxygen atoms in total. The molecular formula is C22H26N4O. The number of hydrogen-bond acceptors (Lipinski definition) is 4. The normalized spacial score (nSPS) is 24.6. The number of ether oxygens (including phenoxy) is 1. The van der Waals surface area contributed by atoms with Crippen LogP contribution in [0.3, 0.4) is 0 Å². The molecule has 0 saturated carbocycles. The molecule has 2 N–H and O–H groups in total. The molecule has 1 unspecified atom stereocenters. The number of hydrogen-bond donors (Lipinski definition) is 2. The van der Waals surface area contributed by atoms with Crippen molar-refractivity contribution in [3.05, 3.63) is 53.9 Å². The standard InChI is InChI=1S/C22H26N4O/c1-3-27-21-8-7-15(12-24-21)25-16-10-18-17-5-4-6-19-22(17)14(11-23-19)9-20(18)26(2)13-16/h4-8,11-12,16,18,20,23,25H,3,9-10,13H2,1-2H3/t16-,18?,20-/m1/s1. The van der Waals surface area contributed by atoms with E-state index in [0.717, 1.165) is 25.1 Å². The first kappa shape index (κ1) is 16.6. The van der Waals surface area contributed by atoms with Gasteiger partial charge in [-0.2, -0.15) is 0 Å². The van der Waals surface area contributed by atoms with Crippen molar-refractivity contribution in [1.29, 1.82) is 0 Å². The van der Waals surface area contributed by atoms with Gasteiger partial charge in [-0.05, 0) is 50.1 Å². The molecule has 0 bridgehead atoms. The third-order valence-corrected chi connectivity index (χ3v) is 6.13. The molecule has 1 aliphatic carbocycles. The lowest BCUT2D eigenvalue weighted by Gasteiger charge is -2.45. The number of aromatic nitrogens is 2. The van der Waals surface area contributed by atoms with Gasteiger partial charge in [-0.25, -0.2) is 4.98 Å². The zero-order valence-electron chi connectivity index (χ0n) is 15.9. The molecule has 2 aromatic heterocycles. The molecule has 1 saturated heterocycles. The predicted octanol–water partition coefficient (Wildman–Crippen LogP) is 3.79. The summed E-state index contributed by atoms with van der Waals surface area (Å²) in [6.07, 6.45) is 6.36. The number of aromatic amines is 1. The van der Waals surface area contributed by atoms with Gasteiger partial charge in [-0.3, -0.25) is 0 Å². The topological polar surface area (TPSA) is 53.2 Å². The van der Waals surface area contributed by atoms with Gasteiger partial charge < -0.3 is 19.9 Å². The fraction of sp³-hybridized carbons (Fsp3) is 0.409. The van der Waals surface area contributed by atoms with Crippen LogP contribution >= 0.6 is 0 Å². The highest BCUT2D eigenvalue weighted by Gasteiger charge is 2.39. The molecule has 1 fully saturated rings. The zero-order chi connectivity index (χ0) is 18.4. The summed E-state index contributed by atoms with van der Waals surface area (Å²) in [5, 5.41) is 5.15. The van der Waals surface area contributed by atoms with Crippen LogP contribution in [-0.2, 0) is 6.42 Å². The van der Waals surface area contributed by atoms with Gasteiger partial charge in [0.1, 0.15) is 0 Å². The number of nitrogens with one attached hydrogen (secondary N) is 2. The van der Waals surface area contributed by atoms with E-state index in [1.165, 1.54) is 22.0 Å². The van der Waals surface area contributed by atoms with E-state index in [1.54, 1.807) is 0 Å². The number of likely N-dealkylation sites (N-methyl/N-ethyl adjacent to an activating group) is 1. The van der Waals surface area contributed by atoms with Gasteiger partial charge in [0.25, 0.3) is 0 Å². The fourth-order valence-corrected chi connectivity index (χ4v) is 4.98. The Kier molecular flexibility index (Phi) is 4.05. The first-order valence-electron chi connectivity index (χ1n) is 9.87. The zero-order valence-corrected chi connectivity index (χ0v) is 15.9. The van der Waals surface area contributed by atoms with Crippen molar-refractivity contribution in [2.24, 2.45) is 0 Å². The summed E-state index contributed by atoms with van der Waals surface area (Å²) in [5.74, 6) is 1.24. The fourth-order valence-electron chi connectivity index (χ4n) is 4.98. The summed E-state index contributed by atoms with van der Waals surface area (Å²) in [7, 11) is 2.26. The van der Waals surface area contributed by atoms with E-state index < -0.39 is 0 Å². The predicted molar refractivity (Wildman–Crippen MR) is 109 cm³/mol. The maximum Gasteiger partial charge on any atom is 0.213 e. The Morgan fingerprint density at radius 1 is 1.30 bits per heavy atom. The molecule has 5 heteroatoms. The number of H-pyrrole nitrogens is 1. The van der Waals surface area contributed by atoms with Crippen molar-refractivity contribution in [3.63, 3.8) is 0 Å². The molecule has 27 heavy (non-hydrogen) atoms. The van der Waals surface area contributed by atoms with E-state index in [1.807, 2.05) is 19.2 Å². The average molecular weight is 362 g/mol. The lowest BCUT2D eigenvalue weighted by molar-refractivity contribution is 0.147. The highest BCUT2D eigenvalue weighted by molar-refractivity contribution is 5.88. The van der Waals surface area contributed by atoms with E-state index in [-0.39, 0.29) is 0 Å². The molecule has 1 aliphatic heterocycles. The lowest BCUT2D eigenvalue weighted by Crippen LogP contribution is -2.51. The second-order valence-electron chi connectivity index (χ2n) is 7.80. The molecule has 3 heterocycles. The molecule has 0 amide bonds. The number of piperidine rings is 1. The third-order valence-electron chi connectivity index (χ3n) is 6.13. The highest BCUT2D eigenvalue weighted by Crippen LogP contribution is 2.43. The number of fused-ring (bicyclic) bond motifs is 2. The quantitative estimate of drug-likeness (QED) is 0.741. The van der Waals surface area contributed by atoms with E-state index in [2.05, 4.69) is 57.7 Å². The molecule has 2 aliphatic rings. The van der Waals surface area contributed by atoms with Crippen LogP contribution in [0.1, 0.15) is 30.4 Å². The van der Waals surface area contributed by atoms with E-state index >= 15 is 0 Å². The average Bonchev–Trinajstić information content (AvgIpc) is 3.09. The van der Waals surface area contributed by atoms with Crippen molar-refractivity contribution in [1.82, 2.24) is 14.9 Å². The summed E-state index contributed by atoms with van der Waals surface area (Å²) < 4.78 is 5.45. The maximum absolute atomic E-state index is 5.45. The van der Waals surface area contributed by atoms with Gasteiger partial charge in [0.05, 0.1) is 18.5 Å². The van der Waals surface area contributed by atoms with Gasteiger partial charge in [-0.15, -0.1) is 0 Å². The molecule has 3 aromatic rings. The minimum atomic E-state index is 0.409. The van der Waals surface area contributed by atoms with Gasteiger partial charge in [-0.1, -0.05) is 12.1 Å². The summed E-state index contributed by atoms with van der Waals surface area (Å²) >= 11 is 0. The molecular weight excluding hydrogens is 336 g/mol. The van der Waals surface area contributed by atoms with Gasteiger partial charge in [0.15, 0.2) is 0 Å². The van der Waals surface area contributed by atoms with Crippen LogP contribution in [0.25, 0.3) is 10.9 Å². The van der Waals surface area contributed by atoms with Crippen LogP contribution < -0.4 is 10.1 Å². The van der Waals surface area contributed by atoms with Gasteiger partial charge in [0.2, 0.25) is 5.88 Å². The highest BCUT2D eigenvalue weighted by atomic mass is 16.5. The Morgan fingerprint density at radius 3 is 3.04 bits per heavy atom.